The second-order valence-corrected chi connectivity index (χ2v) is 3.42. The maximum absolute atomic E-state index is 11.1. The summed E-state index contributed by atoms with van der Waals surface area (Å²) in [5.74, 6) is -0.459. The van der Waals surface area contributed by atoms with Gasteiger partial charge >= 0.3 is 0 Å². The van der Waals surface area contributed by atoms with Crippen LogP contribution in [0.2, 0.25) is 0 Å². The van der Waals surface area contributed by atoms with Crippen molar-refractivity contribution in [1.82, 2.24) is 0 Å². The zero-order chi connectivity index (χ0) is 11.3. The van der Waals surface area contributed by atoms with Crippen LogP contribution in [0.5, 0.6) is 0 Å². The third-order valence-electron chi connectivity index (χ3n) is 2.00. The van der Waals surface area contributed by atoms with E-state index in [1.54, 1.807) is 0 Å². The van der Waals surface area contributed by atoms with Crippen LogP contribution in [0.4, 0.5) is 0 Å². The molecule has 0 saturated heterocycles. The molecule has 1 aromatic rings. The number of aliphatic imine (C=N–C) groups is 1. The van der Waals surface area contributed by atoms with E-state index in [1.165, 1.54) is 5.56 Å². The summed E-state index contributed by atoms with van der Waals surface area (Å²) in [5.41, 5.74) is 12.5. The van der Waals surface area contributed by atoms with Crippen molar-refractivity contribution in [3.63, 3.8) is 0 Å². The van der Waals surface area contributed by atoms with E-state index in [-0.39, 0.29) is 11.9 Å². The van der Waals surface area contributed by atoms with Crippen molar-refractivity contribution >= 4 is 11.9 Å². The van der Waals surface area contributed by atoms with Crippen molar-refractivity contribution in [2.45, 2.75) is 19.8 Å². The first kappa shape index (κ1) is 11.2. The number of benzene rings is 1. The number of hydrogen-bond acceptors (Lipinski definition) is 1. The SMILES string of the molecule is Cc1ccc(CCC(=O)N=C(N)N)cc1. The van der Waals surface area contributed by atoms with Gasteiger partial charge in [-0.25, -0.2) is 0 Å². The van der Waals surface area contributed by atoms with Crippen molar-refractivity contribution in [3.05, 3.63) is 35.4 Å². The van der Waals surface area contributed by atoms with Crippen LogP contribution < -0.4 is 11.5 Å². The lowest BCUT2D eigenvalue weighted by molar-refractivity contribution is -0.117. The fourth-order valence-corrected chi connectivity index (χ4v) is 1.21. The molecule has 0 bridgehead atoms. The van der Waals surface area contributed by atoms with E-state index in [0.29, 0.717) is 12.8 Å². The largest absolute Gasteiger partial charge is 0.370 e. The predicted octanol–water partition coefficient (Wildman–Crippen LogP) is 0.728. The molecule has 0 saturated carbocycles. The molecular weight excluding hydrogens is 190 g/mol. The average molecular weight is 205 g/mol. The Labute approximate surface area is 89.0 Å². The summed E-state index contributed by atoms with van der Waals surface area (Å²) in [6, 6.07) is 8.02. The second-order valence-electron chi connectivity index (χ2n) is 3.42. The van der Waals surface area contributed by atoms with Crippen LogP contribution in [-0.4, -0.2) is 11.9 Å². The number of nitrogens with two attached hydrogens (primary N) is 2. The fourth-order valence-electron chi connectivity index (χ4n) is 1.21. The van der Waals surface area contributed by atoms with Crippen LogP contribution in [0.1, 0.15) is 17.5 Å². The van der Waals surface area contributed by atoms with Crippen LogP contribution in [-0.2, 0) is 11.2 Å². The highest BCUT2D eigenvalue weighted by Gasteiger charge is 2.00. The molecule has 15 heavy (non-hydrogen) atoms. The van der Waals surface area contributed by atoms with Gasteiger partial charge in [-0.1, -0.05) is 29.8 Å². The fraction of sp³-hybridized carbons (Fsp3) is 0.273. The number of guanidine groups is 1. The van der Waals surface area contributed by atoms with E-state index >= 15 is 0 Å². The first-order valence-corrected chi connectivity index (χ1v) is 4.76. The van der Waals surface area contributed by atoms with Gasteiger partial charge in [-0.2, -0.15) is 4.99 Å². The second kappa shape index (κ2) is 5.14. The standard InChI is InChI=1S/C11H15N3O/c1-8-2-4-9(5-3-8)6-7-10(15)14-11(12)13/h2-5H,6-7H2,1H3,(H4,12,13,14,15). The zero-order valence-corrected chi connectivity index (χ0v) is 8.73. The normalized spacial score (nSPS) is 9.67. The average Bonchev–Trinajstić information content (AvgIpc) is 2.16. The summed E-state index contributed by atoms with van der Waals surface area (Å²) in [5, 5.41) is 0. The van der Waals surface area contributed by atoms with Crippen molar-refractivity contribution in [1.29, 1.82) is 0 Å². The summed E-state index contributed by atoms with van der Waals surface area (Å²) in [4.78, 5) is 14.6. The minimum Gasteiger partial charge on any atom is -0.370 e. The van der Waals surface area contributed by atoms with Gasteiger partial charge in [0.1, 0.15) is 0 Å². The third-order valence-corrected chi connectivity index (χ3v) is 2.00. The van der Waals surface area contributed by atoms with Gasteiger partial charge in [0, 0.05) is 6.42 Å². The van der Waals surface area contributed by atoms with Gasteiger partial charge in [-0.15, -0.1) is 0 Å². The lowest BCUT2D eigenvalue weighted by Crippen LogP contribution is -2.24. The van der Waals surface area contributed by atoms with Crippen LogP contribution in [0.3, 0.4) is 0 Å². The number of hydrogen-bond donors (Lipinski definition) is 2. The topological polar surface area (TPSA) is 81.5 Å². The molecule has 0 aliphatic carbocycles. The minimum atomic E-state index is -0.282. The molecular formula is C11H15N3O. The molecule has 1 aromatic carbocycles. The molecule has 1 amide bonds. The van der Waals surface area contributed by atoms with Crippen LogP contribution in [0, 0.1) is 6.92 Å². The number of nitrogens with zero attached hydrogens (tertiary/aromatic N) is 1. The van der Waals surface area contributed by atoms with Gasteiger partial charge in [-0.05, 0) is 18.9 Å². The van der Waals surface area contributed by atoms with E-state index in [0.717, 1.165) is 5.56 Å². The van der Waals surface area contributed by atoms with E-state index in [9.17, 15) is 4.79 Å². The van der Waals surface area contributed by atoms with Crippen LogP contribution in [0.15, 0.2) is 29.3 Å². The molecule has 0 heterocycles. The third kappa shape index (κ3) is 4.26. The number of amides is 1. The Kier molecular flexibility index (Phi) is 3.85. The Morgan fingerprint density at radius 3 is 2.40 bits per heavy atom. The first-order chi connectivity index (χ1) is 7.08. The Morgan fingerprint density at radius 2 is 1.87 bits per heavy atom. The van der Waals surface area contributed by atoms with Crippen LogP contribution >= 0.6 is 0 Å². The van der Waals surface area contributed by atoms with E-state index in [4.69, 9.17) is 11.5 Å². The number of carbonyl (C=O) groups excluding carboxylic acids is 1. The number of rotatable bonds is 3. The van der Waals surface area contributed by atoms with Crippen molar-refractivity contribution in [2.75, 3.05) is 0 Å². The van der Waals surface area contributed by atoms with E-state index in [1.807, 2.05) is 31.2 Å². The molecule has 0 atom stereocenters. The smallest absolute Gasteiger partial charge is 0.249 e. The van der Waals surface area contributed by atoms with Crippen LogP contribution in [0.25, 0.3) is 0 Å². The zero-order valence-electron chi connectivity index (χ0n) is 8.73. The number of carbonyl (C=O) groups is 1. The summed E-state index contributed by atoms with van der Waals surface area (Å²) in [7, 11) is 0. The first-order valence-electron chi connectivity index (χ1n) is 4.76. The molecule has 0 aliphatic heterocycles. The Hall–Kier alpha value is -1.84. The van der Waals surface area contributed by atoms with Crippen molar-refractivity contribution in [3.8, 4) is 0 Å². The molecule has 4 nitrogen and oxygen atoms in total. The molecule has 0 spiro atoms. The highest BCUT2D eigenvalue weighted by molar-refractivity contribution is 5.91. The maximum Gasteiger partial charge on any atom is 0.249 e. The lowest BCUT2D eigenvalue weighted by atomic mass is 10.1. The molecule has 4 heteroatoms. The monoisotopic (exact) mass is 205 g/mol. The van der Waals surface area contributed by atoms with E-state index in [2.05, 4.69) is 4.99 Å². The van der Waals surface area contributed by atoms with Crippen molar-refractivity contribution in [2.24, 2.45) is 16.5 Å². The minimum absolute atomic E-state index is 0.177. The highest BCUT2D eigenvalue weighted by Crippen LogP contribution is 2.06. The molecule has 0 unspecified atom stereocenters. The molecule has 0 fully saturated rings. The Bertz CT molecular complexity index is 364. The van der Waals surface area contributed by atoms with Gasteiger partial charge < -0.3 is 11.5 Å². The van der Waals surface area contributed by atoms with Crippen molar-refractivity contribution < 1.29 is 4.79 Å². The van der Waals surface area contributed by atoms with E-state index < -0.39 is 0 Å². The summed E-state index contributed by atoms with van der Waals surface area (Å²) in [6.07, 6.45) is 0.997. The molecule has 0 radical (unpaired) electrons. The molecule has 4 N–H and O–H groups in total. The predicted molar refractivity (Wildman–Crippen MR) is 60.3 cm³/mol. The van der Waals surface area contributed by atoms with Gasteiger partial charge in [0.2, 0.25) is 5.91 Å². The summed E-state index contributed by atoms with van der Waals surface area (Å²) in [6.45, 7) is 2.02. The van der Waals surface area contributed by atoms with Gasteiger partial charge in [0.05, 0.1) is 0 Å². The maximum atomic E-state index is 11.1. The molecule has 1 rings (SSSR count). The molecule has 80 valence electrons. The highest BCUT2D eigenvalue weighted by atomic mass is 16.1. The Balaban J connectivity index is 2.47. The lowest BCUT2D eigenvalue weighted by Gasteiger charge is -1.99. The summed E-state index contributed by atoms with van der Waals surface area (Å²) < 4.78 is 0. The molecule has 0 aliphatic rings. The summed E-state index contributed by atoms with van der Waals surface area (Å²) >= 11 is 0. The van der Waals surface area contributed by atoms with Gasteiger partial charge in [0.25, 0.3) is 0 Å². The quantitative estimate of drug-likeness (QED) is 0.563. The number of aryl methyl sites for hydroxylation is 2. The van der Waals surface area contributed by atoms with Gasteiger partial charge in [-0.3, -0.25) is 4.79 Å². The van der Waals surface area contributed by atoms with Gasteiger partial charge in [0.15, 0.2) is 5.96 Å². The molecule has 0 aromatic heterocycles. The Morgan fingerprint density at radius 1 is 1.27 bits per heavy atom.